The number of hydrogen-bond acceptors (Lipinski definition) is 2. The maximum atomic E-state index is 13.3. The Hall–Kier alpha value is -1.49. The van der Waals surface area contributed by atoms with Crippen molar-refractivity contribution in [1.82, 2.24) is 10.2 Å². The van der Waals surface area contributed by atoms with Gasteiger partial charge in [0, 0.05) is 19.5 Å². The molecule has 0 aromatic heterocycles. The van der Waals surface area contributed by atoms with Gasteiger partial charge in [-0.25, -0.2) is 8.78 Å². The maximum absolute atomic E-state index is 13.3. The molecule has 3 unspecified atom stereocenters. The van der Waals surface area contributed by atoms with Crippen molar-refractivity contribution >= 4 is 5.91 Å². The second-order valence-electron chi connectivity index (χ2n) is 6.75. The van der Waals surface area contributed by atoms with Gasteiger partial charge in [-0.2, -0.15) is 0 Å². The number of amides is 1. The zero-order valence-electron chi connectivity index (χ0n) is 13.5. The molecule has 3 atom stereocenters. The number of rotatable bonds is 3. The molecule has 0 spiro atoms. The average Bonchev–Trinajstić information content (AvgIpc) is 2.94. The van der Waals surface area contributed by atoms with Gasteiger partial charge in [0.05, 0.1) is 12.6 Å². The van der Waals surface area contributed by atoms with E-state index in [4.69, 9.17) is 0 Å². The molecule has 1 aromatic rings. The van der Waals surface area contributed by atoms with Crippen LogP contribution in [0.1, 0.15) is 37.7 Å². The predicted octanol–water partition coefficient (Wildman–Crippen LogP) is 3.03. The van der Waals surface area contributed by atoms with E-state index in [1.54, 1.807) is 4.90 Å². The van der Waals surface area contributed by atoms with Crippen molar-refractivity contribution in [2.75, 3.05) is 19.6 Å². The zero-order valence-corrected chi connectivity index (χ0v) is 13.5. The molecule has 0 bridgehead atoms. The maximum Gasteiger partial charge on any atom is 0.262 e. The molecule has 0 radical (unpaired) electrons. The number of piperidine rings is 1. The quantitative estimate of drug-likeness (QED) is 0.928. The Morgan fingerprint density at radius 3 is 2.70 bits per heavy atom. The summed E-state index contributed by atoms with van der Waals surface area (Å²) in [7, 11) is 0. The molecule has 1 aromatic carbocycles. The number of benzene rings is 1. The first-order chi connectivity index (χ1) is 11.0. The second kappa shape index (κ2) is 6.56. The number of carbonyl (C=O) groups is 1. The molecule has 23 heavy (non-hydrogen) atoms. The highest BCUT2D eigenvalue weighted by Gasteiger charge is 2.44. The van der Waals surface area contributed by atoms with Crippen molar-refractivity contribution in [3.05, 3.63) is 35.9 Å². The Morgan fingerprint density at radius 1 is 1.35 bits per heavy atom. The van der Waals surface area contributed by atoms with Crippen LogP contribution < -0.4 is 5.32 Å². The van der Waals surface area contributed by atoms with Gasteiger partial charge in [-0.05, 0) is 23.8 Å². The van der Waals surface area contributed by atoms with E-state index < -0.39 is 12.0 Å². The molecule has 2 heterocycles. The fraction of sp³-hybridized carbons (Fsp3) is 0.611. The summed E-state index contributed by atoms with van der Waals surface area (Å²) in [5, 5.41) is 2.68. The lowest BCUT2D eigenvalue weighted by Gasteiger charge is -2.39. The van der Waals surface area contributed by atoms with E-state index in [9.17, 15) is 13.6 Å². The Labute approximate surface area is 136 Å². The zero-order chi connectivity index (χ0) is 16.4. The molecule has 1 N–H and O–H groups in total. The highest BCUT2D eigenvalue weighted by atomic mass is 19.3. The van der Waals surface area contributed by atoms with Crippen LogP contribution in [0.15, 0.2) is 30.3 Å². The molecular weight excluding hydrogens is 298 g/mol. The minimum Gasteiger partial charge on any atom is -0.341 e. The van der Waals surface area contributed by atoms with Crippen LogP contribution in [0.4, 0.5) is 8.78 Å². The van der Waals surface area contributed by atoms with E-state index in [1.807, 2.05) is 18.2 Å². The van der Waals surface area contributed by atoms with Crippen molar-refractivity contribution in [1.29, 1.82) is 0 Å². The molecule has 3 rings (SSSR count). The largest absolute Gasteiger partial charge is 0.341 e. The molecule has 2 fully saturated rings. The number of nitrogens with zero attached hydrogens (tertiary/aromatic N) is 1. The van der Waals surface area contributed by atoms with Crippen molar-refractivity contribution < 1.29 is 13.6 Å². The fourth-order valence-electron chi connectivity index (χ4n) is 3.90. The average molecular weight is 322 g/mol. The van der Waals surface area contributed by atoms with Crippen molar-refractivity contribution in [2.45, 2.75) is 44.1 Å². The Kier molecular flexibility index (Phi) is 4.67. The van der Waals surface area contributed by atoms with E-state index in [0.29, 0.717) is 24.9 Å². The summed E-state index contributed by atoms with van der Waals surface area (Å²) in [4.78, 5) is 14.3. The third kappa shape index (κ3) is 3.55. The van der Waals surface area contributed by atoms with Crippen LogP contribution in [0.2, 0.25) is 0 Å². The van der Waals surface area contributed by atoms with Gasteiger partial charge in [0.1, 0.15) is 0 Å². The van der Waals surface area contributed by atoms with Gasteiger partial charge in [0.25, 0.3) is 5.92 Å². The third-order valence-electron chi connectivity index (χ3n) is 5.21. The van der Waals surface area contributed by atoms with Crippen LogP contribution in [-0.4, -0.2) is 42.4 Å². The van der Waals surface area contributed by atoms with Crippen LogP contribution in [0.5, 0.6) is 0 Å². The van der Waals surface area contributed by atoms with Gasteiger partial charge < -0.3 is 4.90 Å². The van der Waals surface area contributed by atoms with Crippen molar-refractivity contribution in [2.24, 2.45) is 5.92 Å². The lowest BCUT2D eigenvalue weighted by Crippen LogP contribution is -2.49. The van der Waals surface area contributed by atoms with E-state index in [-0.39, 0.29) is 18.9 Å². The van der Waals surface area contributed by atoms with E-state index in [2.05, 4.69) is 24.4 Å². The van der Waals surface area contributed by atoms with Crippen molar-refractivity contribution in [3.8, 4) is 0 Å². The number of nitrogens with one attached hydrogen (secondary N) is 1. The molecule has 2 aliphatic rings. The van der Waals surface area contributed by atoms with Crippen LogP contribution in [0.25, 0.3) is 0 Å². The number of halogens is 2. The summed E-state index contributed by atoms with van der Waals surface area (Å²) in [6.07, 6.45) is 1.51. The number of hydrogen-bond donors (Lipinski definition) is 1. The second-order valence-corrected chi connectivity index (χ2v) is 6.75. The Bertz CT molecular complexity index is 549. The molecule has 0 saturated carbocycles. The van der Waals surface area contributed by atoms with E-state index >= 15 is 0 Å². The van der Waals surface area contributed by atoms with Crippen LogP contribution in [-0.2, 0) is 4.79 Å². The minimum atomic E-state index is -2.76. The summed E-state index contributed by atoms with van der Waals surface area (Å²) < 4.78 is 26.6. The molecule has 1 amide bonds. The van der Waals surface area contributed by atoms with Gasteiger partial charge in [-0.1, -0.05) is 43.7 Å². The summed E-state index contributed by atoms with van der Waals surface area (Å²) >= 11 is 0. The number of alkyl halides is 2. The first kappa shape index (κ1) is 16.4. The smallest absolute Gasteiger partial charge is 0.262 e. The summed E-state index contributed by atoms with van der Waals surface area (Å²) in [5.74, 6) is -2.08. The molecule has 3 nitrogen and oxygen atoms in total. The minimum absolute atomic E-state index is 0.160. The third-order valence-corrected chi connectivity index (χ3v) is 5.21. The molecular formula is C18H24F2N2O. The van der Waals surface area contributed by atoms with Gasteiger partial charge in [-0.3, -0.25) is 10.1 Å². The SMILES string of the molecule is CCC1CN(C(=O)C2CC(F)(F)CN2)CCC1c1ccccc1. The Morgan fingerprint density at radius 2 is 2.09 bits per heavy atom. The Balaban J connectivity index is 1.66. The van der Waals surface area contributed by atoms with Crippen LogP contribution >= 0.6 is 0 Å². The van der Waals surface area contributed by atoms with Crippen molar-refractivity contribution in [3.63, 3.8) is 0 Å². The number of likely N-dealkylation sites (tertiary alicyclic amines) is 1. The molecule has 126 valence electrons. The first-order valence-electron chi connectivity index (χ1n) is 8.45. The van der Waals surface area contributed by atoms with Crippen LogP contribution in [0, 0.1) is 5.92 Å². The van der Waals surface area contributed by atoms with Gasteiger partial charge in [0.15, 0.2) is 0 Å². The number of carbonyl (C=O) groups excluding carboxylic acids is 1. The summed E-state index contributed by atoms with van der Waals surface area (Å²) in [5.41, 5.74) is 1.32. The van der Waals surface area contributed by atoms with Gasteiger partial charge in [0.2, 0.25) is 5.91 Å². The van der Waals surface area contributed by atoms with E-state index in [1.165, 1.54) is 5.56 Å². The predicted molar refractivity (Wildman–Crippen MR) is 85.5 cm³/mol. The normalized spacial score (nSPS) is 30.4. The highest BCUT2D eigenvalue weighted by molar-refractivity contribution is 5.82. The molecule has 2 aliphatic heterocycles. The molecule has 0 aliphatic carbocycles. The van der Waals surface area contributed by atoms with Gasteiger partial charge in [-0.15, -0.1) is 0 Å². The lowest BCUT2D eigenvalue weighted by atomic mass is 9.79. The molecule has 5 heteroatoms. The van der Waals surface area contributed by atoms with E-state index in [0.717, 1.165) is 12.8 Å². The summed E-state index contributed by atoms with van der Waals surface area (Å²) in [6, 6.07) is 9.66. The van der Waals surface area contributed by atoms with Gasteiger partial charge >= 0.3 is 0 Å². The fourth-order valence-corrected chi connectivity index (χ4v) is 3.90. The highest BCUT2D eigenvalue weighted by Crippen LogP contribution is 2.35. The first-order valence-corrected chi connectivity index (χ1v) is 8.45. The summed E-state index contributed by atoms with van der Waals surface area (Å²) in [6.45, 7) is 3.06. The monoisotopic (exact) mass is 322 g/mol. The standard InChI is InChI=1S/C18H24F2N2O/c1-2-13-11-22(17(23)16-10-18(19,20)12-21-16)9-8-15(13)14-6-4-3-5-7-14/h3-7,13,15-16,21H,2,8-12H2,1H3. The molecule has 2 saturated heterocycles. The van der Waals surface area contributed by atoms with Crippen LogP contribution in [0.3, 0.4) is 0 Å². The lowest BCUT2D eigenvalue weighted by molar-refractivity contribution is -0.135. The topological polar surface area (TPSA) is 32.3 Å².